The molecule has 148 valence electrons. The second-order valence-corrected chi connectivity index (χ2v) is 8.32. The molecule has 0 radical (unpaired) electrons. The minimum Gasteiger partial charge on any atom is -0.444 e. The highest BCUT2D eigenvalue weighted by atomic mass is 16.6. The maximum absolute atomic E-state index is 12.4. The second-order valence-electron chi connectivity index (χ2n) is 8.32. The molecule has 0 unspecified atom stereocenters. The number of nitrogens with zero attached hydrogens (tertiary/aromatic N) is 2. The molecule has 0 aliphatic carbocycles. The number of hydrogen-bond acceptors (Lipinski definition) is 4. The molecule has 1 aliphatic rings. The van der Waals surface area contributed by atoms with Gasteiger partial charge in [0.25, 0.3) is 0 Å². The van der Waals surface area contributed by atoms with Crippen molar-refractivity contribution in [2.75, 3.05) is 26.8 Å². The first-order valence-electron chi connectivity index (χ1n) is 9.81. The SMILES string of the molecule is COCCCc1ccnc2[nH]c([C@@H]3CCCN(C(=O)OC(C)(C)C)C3)cc12. The molecule has 0 aromatic carbocycles. The topological polar surface area (TPSA) is 67.5 Å². The molecule has 1 atom stereocenters. The summed E-state index contributed by atoms with van der Waals surface area (Å²) in [4.78, 5) is 22.2. The number of amides is 1. The summed E-state index contributed by atoms with van der Waals surface area (Å²) in [5, 5.41) is 1.18. The molecular formula is C21H31N3O3. The number of hydrogen-bond donors (Lipinski definition) is 1. The van der Waals surface area contributed by atoms with Gasteiger partial charge >= 0.3 is 6.09 Å². The summed E-state index contributed by atoms with van der Waals surface area (Å²) in [6.45, 7) is 7.91. The molecule has 1 aliphatic heterocycles. The number of carbonyl (C=O) groups is 1. The highest BCUT2D eigenvalue weighted by Crippen LogP contribution is 2.30. The van der Waals surface area contributed by atoms with Crippen LogP contribution in [0.15, 0.2) is 18.3 Å². The molecule has 27 heavy (non-hydrogen) atoms. The fourth-order valence-electron chi connectivity index (χ4n) is 3.67. The third-order valence-electron chi connectivity index (χ3n) is 4.95. The van der Waals surface area contributed by atoms with Crippen LogP contribution in [0.1, 0.15) is 57.2 Å². The van der Waals surface area contributed by atoms with Crippen molar-refractivity contribution in [1.29, 1.82) is 0 Å². The van der Waals surface area contributed by atoms with E-state index in [0.29, 0.717) is 6.54 Å². The number of aryl methyl sites for hydroxylation is 1. The van der Waals surface area contributed by atoms with Gasteiger partial charge in [0.05, 0.1) is 0 Å². The number of carbonyl (C=O) groups excluding carboxylic acids is 1. The molecule has 1 N–H and O–H groups in total. The van der Waals surface area contributed by atoms with Gasteiger partial charge in [-0.1, -0.05) is 0 Å². The van der Waals surface area contributed by atoms with Crippen LogP contribution in [0.25, 0.3) is 11.0 Å². The Balaban J connectivity index is 1.74. The summed E-state index contributed by atoms with van der Waals surface area (Å²) in [6, 6.07) is 4.30. The van der Waals surface area contributed by atoms with Crippen molar-refractivity contribution in [3.8, 4) is 0 Å². The van der Waals surface area contributed by atoms with Crippen LogP contribution in [0.3, 0.4) is 0 Å². The number of pyridine rings is 1. The van der Waals surface area contributed by atoms with E-state index in [1.807, 2.05) is 31.9 Å². The fraction of sp³-hybridized carbons (Fsp3) is 0.619. The summed E-state index contributed by atoms with van der Waals surface area (Å²) >= 11 is 0. The Morgan fingerprint density at radius 2 is 2.22 bits per heavy atom. The Morgan fingerprint density at radius 1 is 1.41 bits per heavy atom. The number of aromatic nitrogens is 2. The summed E-state index contributed by atoms with van der Waals surface area (Å²) in [7, 11) is 1.73. The van der Waals surface area contributed by atoms with Crippen LogP contribution in [0.4, 0.5) is 4.79 Å². The predicted octanol–water partition coefficient (Wildman–Crippen LogP) is 4.26. The Kier molecular flexibility index (Phi) is 6.05. The molecule has 0 bridgehead atoms. The summed E-state index contributed by atoms with van der Waals surface area (Å²) < 4.78 is 10.7. The second kappa shape index (κ2) is 8.30. The van der Waals surface area contributed by atoms with E-state index < -0.39 is 5.60 Å². The average molecular weight is 373 g/mol. The van der Waals surface area contributed by atoms with Crippen LogP contribution in [0, 0.1) is 0 Å². The first-order chi connectivity index (χ1) is 12.9. The van der Waals surface area contributed by atoms with E-state index in [1.165, 1.54) is 10.9 Å². The number of H-pyrrole nitrogens is 1. The third-order valence-corrected chi connectivity index (χ3v) is 4.95. The van der Waals surface area contributed by atoms with Gasteiger partial charge in [-0.25, -0.2) is 9.78 Å². The molecule has 1 fully saturated rings. The van der Waals surface area contributed by atoms with Crippen molar-refractivity contribution >= 4 is 17.1 Å². The molecule has 3 heterocycles. The van der Waals surface area contributed by atoms with E-state index in [2.05, 4.69) is 22.1 Å². The van der Waals surface area contributed by atoms with Crippen molar-refractivity contribution in [1.82, 2.24) is 14.9 Å². The van der Waals surface area contributed by atoms with E-state index in [0.717, 1.165) is 50.2 Å². The molecule has 0 saturated carbocycles. The number of nitrogens with one attached hydrogen (secondary N) is 1. The quantitative estimate of drug-likeness (QED) is 0.796. The van der Waals surface area contributed by atoms with Gasteiger partial charge in [0.1, 0.15) is 11.2 Å². The molecule has 3 rings (SSSR count). The Labute approximate surface area is 161 Å². The first-order valence-corrected chi connectivity index (χ1v) is 9.81. The fourth-order valence-corrected chi connectivity index (χ4v) is 3.67. The Bertz CT molecular complexity index is 779. The number of piperidine rings is 1. The number of rotatable bonds is 5. The predicted molar refractivity (Wildman–Crippen MR) is 106 cm³/mol. The number of methoxy groups -OCH3 is 1. The highest BCUT2D eigenvalue weighted by Gasteiger charge is 2.29. The van der Waals surface area contributed by atoms with Gasteiger partial charge < -0.3 is 19.4 Å². The van der Waals surface area contributed by atoms with E-state index in [-0.39, 0.29) is 12.0 Å². The van der Waals surface area contributed by atoms with Crippen molar-refractivity contribution < 1.29 is 14.3 Å². The van der Waals surface area contributed by atoms with Gasteiger partial charge in [-0.2, -0.15) is 0 Å². The molecule has 2 aromatic heterocycles. The van der Waals surface area contributed by atoms with Crippen LogP contribution in [0.2, 0.25) is 0 Å². The largest absolute Gasteiger partial charge is 0.444 e. The highest BCUT2D eigenvalue weighted by molar-refractivity contribution is 5.80. The van der Waals surface area contributed by atoms with Crippen molar-refractivity contribution in [3.63, 3.8) is 0 Å². The zero-order valence-electron chi connectivity index (χ0n) is 16.9. The van der Waals surface area contributed by atoms with Gasteiger partial charge in [0, 0.05) is 50.0 Å². The lowest BCUT2D eigenvalue weighted by Gasteiger charge is -2.33. The Morgan fingerprint density at radius 3 is 2.96 bits per heavy atom. The third kappa shape index (κ3) is 5.01. The lowest BCUT2D eigenvalue weighted by Crippen LogP contribution is -2.42. The average Bonchev–Trinajstić information content (AvgIpc) is 3.06. The molecule has 6 heteroatoms. The summed E-state index contributed by atoms with van der Waals surface area (Å²) in [5.74, 6) is 0.285. The van der Waals surface area contributed by atoms with Crippen LogP contribution in [-0.2, 0) is 15.9 Å². The lowest BCUT2D eigenvalue weighted by molar-refractivity contribution is 0.0197. The number of fused-ring (bicyclic) bond motifs is 1. The molecule has 2 aromatic rings. The zero-order valence-corrected chi connectivity index (χ0v) is 16.9. The monoisotopic (exact) mass is 373 g/mol. The number of likely N-dealkylation sites (tertiary alicyclic amines) is 1. The first kappa shape index (κ1) is 19.7. The van der Waals surface area contributed by atoms with Crippen LogP contribution in [0.5, 0.6) is 0 Å². The van der Waals surface area contributed by atoms with Gasteiger partial charge in [-0.3, -0.25) is 0 Å². The minimum absolute atomic E-state index is 0.221. The minimum atomic E-state index is -0.466. The summed E-state index contributed by atoms with van der Waals surface area (Å²) in [5.41, 5.74) is 2.91. The maximum atomic E-state index is 12.4. The molecule has 1 saturated heterocycles. The van der Waals surface area contributed by atoms with Gasteiger partial charge in [-0.15, -0.1) is 0 Å². The summed E-state index contributed by atoms with van der Waals surface area (Å²) in [6.07, 6.45) is 5.64. The van der Waals surface area contributed by atoms with Crippen LogP contribution >= 0.6 is 0 Å². The van der Waals surface area contributed by atoms with Gasteiger partial charge in [0.15, 0.2) is 0 Å². The van der Waals surface area contributed by atoms with Gasteiger partial charge in [0.2, 0.25) is 0 Å². The number of aromatic amines is 1. The van der Waals surface area contributed by atoms with Crippen molar-refractivity contribution in [3.05, 3.63) is 29.6 Å². The molecule has 6 nitrogen and oxygen atoms in total. The normalized spacial score (nSPS) is 18.1. The number of ether oxygens (including phenoxy) is 2. The molecular weight excluding hydrogens is 342 g/mol. The van der Waals surface area contributed by atoms with E-state index in [4.69, 9.17) is 9.47 Å². The van der Waals surface area contributed by atoms with Crippen molar-refractivity contribution in [2.45, 2.75) is 58.0 Å². The zero-order chi connectivity index (χ0) is 19.4. The van der Waals surface area contributed by atoms with E-state index in [9.17, 15) is 4.79 Å². The molecule has 1 amide bonds. The van der Waals surface area contributed by atoms with Crippen LogP contribution < -0.4 is 0 Å². The van der Waals surface area contributed by atoms with E-state index in [1.54, 1.807) is 7.11 Å². The maximum Gasteiger partial charge on any atom is 0.410 e. The Hall–Kier alpha value is -2.08. The molecule has 0 spiro atoms. The van der Waals surface area contributed by atoms with E-state index >= 15 is 0 Å². The van der Waals surface area contributed by atoms with Crippen molar-refractivity contribution in [2.24, 2.45) is 0 Å². The standard InChI is InChI=1S/C21H31N3O3/c1-21(2,3)27-20(25)24-11-5-7-16(14-24)18-13-17-15(8-6-12-26-4)9-10-22-19(17)23-18/h9-10,13,16H,5-8,11-12,14H2,1-4H3,(H,22,23)/t16-/m1/s1. The lowest BCUT2D eigenvalue weighted by atomic mass is 9.94. The van der Waals surface area contributed by atoms with Crippen LogP contribution in [-0.4, -0.2) is 53.4 Å². The smallest absolute Gasteiger partial charge is 0.410 e. The van der Waals surface area contributed by atoms with Gasteiger partial charge in [-0.05, 0) is 64.2 Å².